The molecule has 0 fully saturated rings. The van der Waals surface area contributed by atoms with Gasteiger partial charge in [0, 0.05) is 22.9 Å². The van der Waals surface area contributed by atoms with Crippen LogP contribution in [0.1, 0.15) is 5.89 Å². The highest BCUT2D eigenvalue weighted by Crippen LogP contribution is 2.23. The third-order valence-electron chi connectivity index (χ3n) is 1.97. The summed E-state index contributed by atoms with van der Waals surface area (Å²) in [5.74, 6) is 1.88. The van der Waals surface area contributed by atoms with Crippen molar-refractivity contribution in [2.24, 2.45) is 0 Å². The Morgan fingerprint density at radius 1 is 1.33 bits per heavy atom. The van der Waals surface area contributed by atoms with Crippen molar-refractivity contribution in [3.63, 3.8) is 0 Å². The highest BCUT2D eigenvalue weighted by atomic mass is 35.5. The molecule has 0 aliphatic heterocycles. The van der Waals surface area contributed by atoms with E-state index in [-0.39, 0.29) is 0 Å². The molecule has 0 saturated carbocycles. The van der Waals surface area contributed by atoms with Crippen LogP contribution < -0.4 is 0 Å². The first kappa shape index (κ1) is 10.5. The summed E-state index contributed by atoms with van der Waals surface area (Å²) in [6.07, 6.45) is 2.33. The van der Waals surface area contributed by atoms with Crippen molar-refractivity contribution in [2.75, 3.05) is 5.88 Å². The Labute approximate surface area is 97.8 Å². The van der Waals surface area contributed by atoms with Crippen molar-refractivity contribution in [3.8, 4) is 11.3 Å². The summed E-state index contributed by atoms with van der Waals surface area (Å²) in [4.78, 5) is 4.12. The molecule has 0 N–H and O–H groups in total. The summed E-state index contributed by atoms with van der Waals surface area (Å²) in [6.45, 7) is 0. The Hall–Kier alpha value is -0.990. The number of rotatable bonds is 3. The Balaban J connectivity index is 2.29. The topological polar surface area (TPSA) is 26.0 Å². The van der Waals surface area contributed by atoms with Gasteiger partial charge in [-0.15, -0.1) is 11.6 Å². The van der Waals surface area contributed by atoms with Crippen molar-refractivity contribution in [3.05, 3.63) is 41.4 Å². The minimum Gasteiger partial charge on any atom is -0.441 e. The zero-order chi connectivity index (χ0) is 10.7. The van der Waals surface area contributed by atoms with Gasteiger partial charge in [-0.05, 0) is 12.1 Å². The maximum atomic E-state index is 5.88. The Morgan fingerprint density at radius 3 is 2.93 bits per heavy atom. The van der Waals surface area contributed by atoms with Crippen molar-refractivity contribution < 1.29 is 4.42 Å². The van der Waals surface area contributed by atoms with Gasteiger partial charge in [0.2, 0.25) is 0 Å². The van der Waals surface area contributed by atoms with Crippen molar-refractivity contribution >= 4 is 23.2 Å². The molecule has 0 bridgehead atoms. The number of hydrogen-bond acceptors (Lipinski definition) is 2. The first-order valence-electron chi connectivity index (χ1n) is 4.56. The number of hydrogen-bond donors (Lipinski definition) is 0. The zero-order valence-corrected chi connectivity index (χ0v) is 9.42. The highest BCUT2D eigenvalue weighted by molar-refractivity contribution is 6.30. The Kier molecular flexibility index (Phi) is 3.29. The molecule has 0 amide bonds. The number of aryl methyl sites for hydroxylation is 1. The largest absolute Gasteiger partial charge is 0.441 e. The minimum absolute atomic E-state index is 0.509. The molecule has 1 aromatic carbocycles. The molecule has 2 nitrogen and oxygen atoms in total. The molecule has 15 heavy (non-hydrogen) atoms. The second-order valence-corrected chi connectivity index (χ2v) is 3.88. The maximum Gasteiger partial charge on any atom is 0.196 e. The van der Waals surface area contributed by atoms with Gasteiger partial charge < -0.3 is 4.42 Å². The average Bonchev–Trinajstić information content (AvgIpc) is 2.67. The first-order valence-corrected chi connectivity index (χ1v) is 5.47. The Bertz CT molecular complexity index is 453. The van der Waals surface area contributed by atoms with E-state index in [1.54, 1.807) is 6.20 Å². The fraction of sp³-hybridized carbons (Fsp3) is 0.182. The lowest BCUT2D eigenvalue weighted by atomic mass is 10.2. The number of alkyl halides is 1. The number of benzene rings is 1. The van der Waals surface area contributed by atoms with Gasteiger partial charge in [0.1, 0.15) is 0 Å². The fourth-order valence-electron chi connectivity index (χ4n) is 1.28. The van der Waals surface area contributed by atoms with E-state index < -0.39 is 0 Å². The van der Waals surface area contributed by atoms with Crippen LogP contribution in [-0.2, 0) is 6.42 Å². The van der Waals surface area contributed by atoms with Crippen LogP contribution in [0, 0.1) is 0 Å². The molecule has 0 atom stereocenters. The predicted octanol–water partition coefficient (Wildman–Crippen LogP) is 3.78. The van der Waals surface area contributed by atoms with Gasteiger partial charge in [0.05, 0.1) is 6.20 Å². The number of aromatic nitrogens is 1. The van der Waals surface area contributed by atoms with Crippen LogP contribution in [-0.4, -0.2) is 10.9 Å². The molecule has 0 aliphatic carbocycles. The zero-order valence-electron chi connectivity index (χ0n) is 7.91. The molecular formula is C11H9Cl2NO. The van der Waals surface area contributed by atoms with E-state index in [4.69, 9.17) is 27.6 Å². The van der Waals surface area contributed by atoms with Gasteiger partial charge in [-0.2, -0.15) is 0 Å². The van der Waals surface area contributed by atoms with E-state index in [0.717, 1.165) is 11.3 Å². The monoisotopic (exact) mass is 241 g/mol. The summed E-state index contributed by atoms with van der Waals surface area (Å²) in [5.41, 5.74) is 0.927. The minimum atomic E-state index is 0.509. The van der Waals surface area contributed by atoms with Crippen molar-refractivity contribution in [2.45, 2.75) is 6.42 Å². The quantitative estimate of drug-likeness (QED) is 0.765. The van der Waals surface area contributed by atoms with Crippen LogP contribution >= 0.6 is 23.2 Å². The maximum absolute atomic E-state index is 5.88. The smallest absolute Gasteiger partial charge is 0.196 e. The molecule has 0 unspecified atom stereocenters. The summed E-state index contributed by atoms with van der Waals surface area (Å²) < 4.78 is 5.51. The van der Waals surface area contributed by atoms with E-state index in [0.29, 0.717) is 23.2 Å². The van der Waals surface area contributed by atoms with E-state index in [9.17, 15) is 0 Å². The molecule has 1 aromatic heterocycles. The second kappa shape index (κ2) is 4.69. The average molecular weight is 242 g/mol. The molecule has 78 valence electrons. The van der Waals surface area contributed by atoms with Crippen LogP contribution in [0.4, 0.5) is 0 Å². The van der Waals surface area contributed by atoms with Gasteiger partial charge in [-0.1, -0.05) is 23.7 Å². The molecule has 1 heterocycles. The molecule has 0 spiro atoms. The van der Waals surface area contributed by atoms with Gasteiger partial charge >= 0.3 is 0 Å². The Morgan fingerprint density at radius 2 is 2.20 bits per heavy atom. The molecule has 0 radical (unpaired) electrons. The summed E-state index contributed by atoms with van der Waals surface area (Å²) in [5, 5.41) is 0.683. The predicted molar refractivity (Wildman–Crippen MR) is 61.4 cm³/mol. The number of oxazole rings is 1. The van der Waals surface area contributed by atoms with Crippen LogP contribution in [0.15, 0.2) is 34.9 Å². The lowest BCUT2D eigenvalue weighted by Crippen LogP contribution is -1.83. The van der Waals surface area contributed by atoms with Gasteiger partial charge in [0.15, 0.2) is 11.7 Å². The lowest BCUT2D eigenvalue weighted by Gasteiger charge is -1.96. The summed E-state index contributed by atoms with van der Waals surface area (Å²) in [6, 6.07) is 7.46. The van der Waals surface area contributed by atoms with Crippen LogP contribution in [0.2, 0.25) is 5.02 Å². The normalized spacial score (nSPS) is 10.5. The summed E-state index contributed by atoms with van der Waals surface area (Å²) >= 11 is 11.5. The molecular weight excluding hydrogens is 233 g/mol. The number of halogens is 2. The standard InChI is InChI=1S/C11H9Cl2NO/c12-5-4-11-14-7-10(15-11)8-2-1-3-9(13)6-8/h1-3,6-7H,4-5H2. The van der Waals surface area contributed by atoms with Crippen molar-refractivity contribution in [1.29, 1.82) is 0 Å². The van der Waals surface area contributed by atoms with Gasteiger partial charge in [0.25, 0.3) is 0 Å². The van der Waals surface area contributed by atoms with E-state index >= 15 is 0 Å². The third-order valence-corrected chi connectivity index (χ3v) is 2.40. The highest BCUT2D eigenvalue weighted by Gasteiger charge is 2.05. The molecule has 2 aromatic rings. The van der Waals surface area contributed by atoms with Gasteiger partial charge in [-0.3, -0.25) is 0 Å². The first-order chi connectivity index (χ1) is 7.29. The van der Waals surface area contributed by atoms with Crippen LogP contribution in [0.25, 0.3) is 11.3 Å². The fourth-order valence-corrected chi connectivity index (χ4v) is 1.63. The summed E-state index contributed by atoms with van der Waals surface area (Å²) in [7, 11) is 0. The van der Waals surface area contributed by atoms with E-state index in [2.05, 4.69) is 4.98 Å². The number of nitrogens with zero attached hydrogens (tertiary/aromatic N) is 1. The molecule has 4 heteroatoms. The van der Waals surface area contributed by atoms with E-state index in [1.807, 2.05) is 24.3 Å². The van der Waals surface area contributed by atoms with E-state index in [1.165, 1.54) is 0 Å². The second-order valence-electron chi connectivity index (χ2n) is 3.07. The van der Waals surface area contributed by atoms with Crippen LogP contribution in [0.3, 0.4) is 0 Å². The SMILES string of the molecule is ClCCc1ncc(-c2cccc(Cl)c2)o1. The van der Waals surface area contributed by atoms with Gasteiger partial charge in [-0.25, -0.2) is 4.98 Å². The molecule has 0 aliphatic rings. The lowest BCUT2D eigenvalue weighted by molar-refractivity contribution is 0.515. The van der Waals surface area contributed by atoms with Crippen molar-refractivity contribution in [1.82, 2.24) is 4.98 Å². The molecule has 0 saturated heterocycles. The molecule has 2 rings (SSSR count). The van der Waals surface area contributed by atoms with Crippen LogP contribution in [0.5, 0.6) is 0 Å². The third kappa shape index (κ3) is 2.52.